The van der Waals surface area contributed by atoms with Gasteiger partial charge in [-0.25, -0.2) is 0 Å². The topological polar surface area (TPSA) is 35.2 Å². The van der Waals surface area contributed by atoms with Crippen LogP contribution in [0, 0.1) is 0 Å². The minimum absolute atomic E-state index is 0.270. The first-order valence-corrected chi connectivity index (χ1v) is 4.47. The molecule has 0 atom stereocenters. The fraction of sp³-hybridized carbons (Fsp3) is 0.875. The summed E-state index contributed by atoms with van der Waals surface area (Å²) in [5.41, 5.74) is 5.35. The van der Waals surface area contributed by atoms with Gasteiger partial charge in [-0.1, -0.05) is 31.5 Å². The molecular weight excluding hydrogens is 158 g/mol. The van der Waals surface area contributed by atoms with Crippen molar-refractivity contribution in [2.24, 2.45) is 5.73 Å². The van der Waals surface area contributed by atoms with E-state index < -0.39 is 0 Å². The first-order valence-electron chi connectivity index (χ1n) is 4.06. The van der Waals surface area contributed by atoms with Gasteiger partial charge in [0, 0.05) is 7.11 Å². The average molecular weight is 173 g/mol. The molecule has 1 saturated carbocycles. The lowest BCUT2D eigenvalue weighted by atomic mass is 9.84. The molecule has 0 radical (unpaired) electrons. The summed E-state index contributed by atoms with van der Waals surface area (Å²) in [5.74, 6) is 0. The standard InChI is InChI=1S/C8H15NOS/c1-10-8(7(9)11)5-3-2-4-6-8/h2-6H2,1H3,(H2,9,11). The number of methoxy groups -OCH3 is 1. The molecule has 0 aromatic heterocycles. The second-order valence-electron chi connectivity index (χ2n) is 3.12. The van der Waals surface area contributed by atoms with Gasteiger partial charge < -0.3 is 10.5 Å². The molecule has 2 nitrogen and oxygen atoms in total. The Morgan fingerprint density at radius 3 is 2.18 bits per heavy atom. The van der Waals surface area contributed by atoms with E-state index in [0.29, 0.717) is 4.99 Å². The molecule has 0 heterocycles. The maximum atomic E-state index is 5.62. The van der Waals surface area contributed by atoms with E-state index in [1.54, 1.807) is 7.11 Å². The molecule has 1 fully saturated rings. The van der Waals surface area contributed by atoms with Gasteiger partial charge in [-0.2, -0.15) is 0 Å². The van der Waals surface area contributed by atoms with Crippen LogP contribution < -0.4 is 5.73 Å². The molecule has 1 aliphatic carbocycles. The van der Waals surface area contributed by atoms with Crippen molar-refractivity contribution in [2.75, 3.05) is 7.11 Å². The van der Waals surface area contributed by atoms with Crippen molar-refractivity contribution in [2.45, 2.75) is 37.7 Å². The Labute approximate surface area is 73.1 Å². The summed E-state index contributed by atoms with van der Waals surface area (Å²) in [6.07, 6.45) is 5.65. The van der Waals surface area contributed by atoms with Crippen molar-refractivity contribution >= 4 is 17.2 Å². The minimum atomic E-state index is -0.270. The van der Waals surface area contributed by atoms with Crippen LogP contribution in [0.2, 0.25) is 0 Å². The second kappa shape index (κ2) is 3.50. The monoisotopic (exact) mass is 173 g/mol. The molecule has 0 unspecified atom stereocenters. The number of ether oxygens (including phenoxy) is 1. The zero-order valence-corrected chi connectivity index (χ0v) is 7.75. The highest BCUT2D eigenvalue weighted by molar-refractivity contribution is 7.80. The molecule has 0 saturated heterocycles. The zero-order chi connectivity index (χ0) is 8.32. The maximum absolute atomic E-state index is 5.62. The normalized spacial score (nSPS) is 23.0. The van der Waals surface area contributed by atoms with Crippen LogP contribution in [0.4, 0.5) is 0 Å². The van der Waals surface area contributed by atoms with E-state index in [2.05, 4.69) is 0 Å². The Hall–Kier alpha value is -0.150. The Balaban J connectivity index is 2.64. The van der Waals surface area contributed by atoms with Crippen molar-refractivity contribution in [3.63, 3.8) is 0 Å². The van der Waals surface area contributed by atoms with Crippen molar-refractivity contribution in [3.8, 4) is 0 Å². The molecule has 1 aliphatic rings. The van der Waals surface area contributed by atoms with Crippen molar-refractivity contribution in [3.05, 3.63) is 0 Å². The highest BCUT2D eigenvalue weighted by atomic mass is 32.1. The van der Waals surface area contributed by atoms with E-state index in [-0.39, 0.29) is 5.60 Å². The predicted octanol–water partition coefficient (Wildman–Crippen LogP) is 1.62. The summed E-state index contributed by atoms with van der Waals surface area (Å²) < 4.78 is 5.37. The second-order valence-corrected chi connectivity index (χ2v) is 3.56. The van der Waals surface area contributed by atoms with E-state index >= 15 is 0 Å². The largest absolute Gasteiger partial charge is 0.391 e. The summed E-state index contributed by atoms with van der Waals surface area (Å²) in [5, 5.41) is 0. The molecule has 0 aliphatic heterocycles. The number of nitrogens with two attached hydrogens (primary N) is 1. The van der Waals surface area contributed by atoms with Crippen LogP contribution >= 0.6 is 12.2 Å². The fourth-order valence-corrected chi connectivity index (χ4v) is 1.96. The van der Waals surface area contributed by atoms with E-state index in [0.717, 1.165) is 12.8 Å². The Kier molecular flexibility index (Phi) is 2.84. The number of thiocarbonyl (C=S) groups is 1. The summed E-state index contributed by atoms with van der Waals surface area (Å²) >= 11 is 4.98. The summed E-state index contributed by atoms with van der Waals surface area (Å²) in [7, 11) is 1.70. The van der Waals surface area contributed by atoms with Crippen LogP contribution in [0.25, 0.3) is 0 Å². The summed E-state index contributed by atoms with van der Waals surface area (Å²) in [6.45, 7) is 0. The van der Waals surface area contributed by atoms with Gasteiger partial charge in [0.1, 0.15) is 10.6 Å². The van der Waals surface area contributed by atoms with Crippen molar-refractivity contribution < 1.29 is 4.74 Å². The summed E-state index contributed by atoms with van der Waals surface area (Å²) in [4.78, 5) is 0.528. The molecule has 0 aromatic carbocycles. The molecule has 3 heteroatoms. The van der Waals surface area contributed by atoms with E-state index in [1.807, 2.05) is 0 Å². The van der Waals surface area contributed by atoms with Gasteiger partial charge in [-0.05, 0) is 12.8 Å². The van der Waals surface area contributed by atoms with Gasteiger partial charge in [-0.3, -0.25) is 0 Å². The van der Waals surface area contributed by atoms with Gasteiger partial charge in [0.25, 0.3) is 0 Å². The predicted molar refractivity (Wildman–Crippen MR) is 49.6 cm³/mol. The van der Waals surface area contributed by atoms with E-state index in [4.69, 9.17) is 22.7 Å². The number of rotatable bonds is 2. The average Bonchev–Trinajstić information content (AvgIpc) is 2.05. The Morgan fingerprint density at radius 1 is 1.36 bits per heavy atom. The SMILES string of the molecule is COC1(C(N)=S)CCCCC1. The van der Waals surface area contributed by atoms with Gasteiger partial charge in [-0.15, -0.1) is 0 Å². The van der Waals surface area contributed by atoms with Gasteiger partial charge >= 0.3 is 0 Å². The highest BCUT2D eigenvalue weighted by Crippen LogP contribution is 2.31. The van der Waals surface area contributed by atoms with Crippen molar-refractivity contribution in [1.29, 1.82) is 0 Å². The minimum Gasteiger partial charge on any atom is -0.391 e. The molecule has 2 N–H and O–H groups in total. The van der Waals surface area contributed by atoms with Crippen LogP contribution in [0.5, 0.6) is 0 Å². The molecule has 0 bridgehead atoms. The smallest absolute Gasteiger partial charge is 0.117 e. The van der Waals surface area contributed by atoms with Gasteiger partial charge in [0.15, 0.2) is 0 Å². The maximum Gasteiger partial charge on any atom is 0.117 e. The molecule has 0 amide bonds. The lowest BCUT2D eigenvalue weighted by Gasteiger charge is -2.34. The third-order valence-electron chi connectivity index (χ3n) is 2.50. The molecular formula is C8H15NOS. The number of hydrogen-bond donors (Lipinski definition) is 1. The van der Waals surface area contributed by atoms with Gasteiger partial charge in [0.2, 0.25) is 0 Å². The molecule has 0 aromatic rings. The van der Waals surface area contributed by atoms with E-state index in [9.17, 15) is 0 Å². The van der Waals surface area contributed by atoms with Crippen LogP contribution in [-0.2, 0) is 4.74 Å². The third kappa shape index (κ3) is 1.71. The quantitative estimate of drug-likeness (QED) is 0.644. The highest BCUT2D eigenvalue weighted by Gasteiger charge is 2.34. The third-order valence-corrected chi connectivity index (χ3v) is 2.87. The van der Waals surface area contributed by atoms with Crippen LogP contribution in [-0.4, -0.2) is 17.7 Å². The van der Waals surface area contributed by atoms with Crippen LogP contribution in [0.1, 0.15) is 32.1 Å². The number of hydrogen-bond acceptors (Lipinski definition) is 2. The van der Waals surface area contributed by atoms with Crippen molar-refractivity contribution in [1.82, 2.24) is 0 Å². The molecule has 1 rings (SSSR count). The van der Waals surface area contributed by atoms with Crippen LogP contribution in [0.15, 0.2) is 0 Å². The fourth-order valence-electron chi connectivity index (χ4n) is 1.67. The van der Waals surface area contributed by atoms with E-state index in [1.165, 1.54) is 19.3 Å². The Bertz CT molecular complexity index is 152. The Morgan fingerprint density at radius 2 is 1.91 bits per heavy atom. The molecule has 11 heavy (non-hydrogen) atoms. The van der Waals surface area contributed by atoms with Crippen LogP contribution in [0.3, 0.4) is 0 Å². The first-order chi connectivity index (χ1) is 5.21. The first kappa shape index (κ1) is 8.94. The lowest BCUT2D eigenvalue weighted by Crippen LogP contribution is -2.45. The lowest BCUT2D eigenvalue weighted by molar-refractivity contribution is 0.0203. The van der Waals surface area contributed by atoms with Gasteiger partial charge in [0.05, 0.1) is 0 Å². The molecule has 64 valence electrons. The zero-order valence-electron chi connectivity index (χ0n) is 6.93. The molecule has 0 spiro atoms. The summed E-state index contributed by atoms with van der Waals surface area (Å²) in [6, 6.07) is 0.